The number of nitrogens with zero attached hydrogens (tertiary/aromatic N) is 1. The van der Waals surface area contributed by atoms with Gasteiger partial charge in [0.05, 0.1) is 18.5 Å². The van der Waals surface area contributed by atoms with E-state index < -0.39 is 11.8 Å². The molecule has 0 saturated carbocycles. The van der Waals surface area contributed by atoms with E-state index in [0.29, 0.717) is 34.8 Å². The first-order valence-corrected chi connectivity index (χ1v) is 11.0. The van der Waals surface area contributed by atoms with E-state index in [-0.39, 0.29) is 16.6 Å². The molecule has 172 valence electrons. The number of hydrogen-bond acceptors (Lipinski definition) is 5. The molecule has 0 aromatic heterocycles. The molecule has 4 rings (SSSR count). The summed E-state index contributed by atoms with van der Waals surface area (Å²) in [6.07, 6.45) is 0.659. The van der Waals surface area contributed by atoms with Crippen LogP contribution in [-0.4, -0.2) is 24.8 Å². The van der Waals surface area contributed by atoms with Gasteiger partial charge in [-0.15, -0.1) is 0 Å². The van der Waals surface area contributed by atoms with E-state index in [9.17, 15) is 14.4 Å². The van der Waals surface area contributed by atoms with Crippen molar-refractivity contribution in [2.75, 3.05) is 22.6 Å². The van der Waals surface area contributed by atoms with Crippen molar-refractivity contribution < 1.29 is 19.1 Å². The van der Waals surface area contributed by atoms with Crippen LogP contribution in [0.4, 0.5) is 17.1 Å². The number of carbonyl (C=O) groups is 3. The first kappa shape index (κ1) is 23.1. The number of ether oxygens (including phenoxy) is 1. The van der Waals surface area contributed by atoms with Crippen molar-refractivity contribution in [2.24, 2.45) is 0 Å². The van der Waals surface area contributed by atoms with Gasteiger partial charge in [-0.3, -0.25) is 14.4 Å². The van der Waals surface area contributed by atoms with Gasteiger partial charge in [0.15, 0.2) is 0 Å². The van der Waals surface area contributed by atoms with Gasteiger partial charge < -0.3 is 15.4 Å². The Balaban J connectivity index is 1.50. The van der Waals surface area contributed by atoms with Gasteiger partial charge in [0.25, 0.3) is 17.7 Å². The fraction of sp³-hybridized carbons (Fsp3) is 0.115. The zero-order valence-corrected chi connectivity index (χ0v) is 19.3. The SMILES string of the molecule is CCc1ccccc1N1C(=O)C(Cl)=C(Nc2ccc(C(=O)Nc3ccccc3OC)cc2)C1=O. The predicted octanol–water partition coefficient (Wildman–Crippen LogP) is 4.95. The second kappa shape index (κ2) is 9.80. The van der Waals surface area contributed by atoms with Gasteiger partial charge in [-0.05, 0) is 54.4 Å². The lowest BCUT2D eigenvalue weighted by molar-refractivity contribution is -0.120. The number of hydrogen-bond donors (Lipinski definition) is 2. The number of amides is 3. The average Bonchev–Trinajstić information content (AvgIpc) is 3.07. The van der Waals surface area contributed by atoms with Crippen molar-refractivity contribution in [3.05, 3.63) is 94.7 Å². The number of nitrogens with one attached hydrogen (secondary N) is 2. The van der Waals surface area contributed by atoms with E-state index in [1.807, 2.05) is 25.1 Å². The molecule has 7 nitrogen and oxygen atoms in total. The fourth-order valence-corrected chi connectivity index (χ4v) is 3.86. The number of methoxy groups -OCH3 is 1. The third-order valence-corrected chi connectivity index (χ3v) is 5.76. The second-order valence-corrected chi connectivity index (χ2v) is 7.85. The van der Waals surface area contributed by atoms with Gasteiger partial charge in [0.1, 0.15) is 16.5 Å². The highest BCUT2D eigenvalue weighted by molar-refractivity contribution is 6.53. The number of rotatable bonds is 7. The number of benzene rings is 3. The van der Waals surface area contributed by atoms with Crippen molar-refractivity contribution in [3.63, 3.8) is 0 Å². The van der Waals surface area contributed by atoms with Crippen LogP contribution in [0.5, 0.6) is 5.75 Å². The molecule has 2 N–H and O–H groups in total. The summed E-state index contributed by atoms with van der Waals surface area (Å²) in [4.78, 5) is 39.5. The zero-order chi connectivity index (χ0) is 24.2. The Bertz CT molecular complexity index is 1300. The Labute approximate surface area is 202 Å². The molecular weight excluding hydrogens is 454 g/mol. The van der Waals surface area contributed by atoms with Crippen LogP contribution in [0, 0.1) is 0 Å². The van der Waals surface area contributed by atoms with Crippen molar-refractivity contribution >= 4 is 46.4 Å². The number of imide groups is 1. The number of halogens is 1. The lowest BCUT2D eigenvalue weighted by Gasteiger charge is -2.18. The molecule has 3 aromatic rings. The first-order valence-electron chi connectivity index (χ1n) is 10.6. The van der Waals surface area contributed by atoms with Crippen LogP contribution in [0.2, 0.25) is 0 Å². The molecule has 1 aliphatic heterocycles. The summed E-state index contributed by atoms with van der Waals surface area (Å²) < 4.78 is 5.25. The van der Waals surface area contributed by atoms with Crippen LogP contribution in [0.15, 0.2) is 83.5 Å². The van der Waals surface area contributed by atoms with Crippen LogP contribution in [0.25, 0.3) is 0 Å². The smallest absolute Gasteiger partial charge is 0.283 e. The minimum atomic E-state index is -0.581. The van der Waals surface area contributed by atoms with Crippen LogP contribution >= 0.6 is 11.6 Å². The lowest BCUT2D eigenvalue weighted by Crippen LogP contribution is -2.33. The standard InChI is InChI=1S/C26H22ClN3O4/c1-3-16-8-4-6-10-20(16)30-25(32)22(27)23(26(30)33)28-18-14-12-17(13-15-18)24(31)29-19-9-5-7-11-21(19)34-2/h4-15,28H,3H2,1-2H3,(H,29,31). The van der Waals surface area contributed by atoms with E-state index in [2.05, 4.69) is 10.6 Å². The first-order chi connectivity index (χ1) is 16.4. The third-order valence-electron chi connectivity index (χ3n) is 5.41. The summed E-state index contributed by atoms with van der Waals surface area (Å²) in [5, 5.41) is 5.54. The van der Waals surface area contributed by atoms with Crippen molar-refractivity contribution in [1.82, 2.24) is 0 Å². The van der Waals surface area contributed by atoms with E-state index >= 15 is 0 Å². The van der Waals surface area contributed by atoms with Crippen LogP contribution in [0.3, 0.4) is 0 Å². The van der Waals surface area contributed by atoms with E-state index in [4.69, 9.17) is 16.3 Å². The van der Waals surface area contributed by atoms with Crippen LogP contribution < -0.4 is 20.3 Å². The molecule has 0 atom stereocenters. The normalized spacial score (nSPS) is 13.3. The molecule has 3 aromatic carbocycles. The van der Waals surface area contributed by atoms with E-state index in [1.54, 1.807) is 54.6 Å². The van der Waals surface area contributed by atoms with Gasteiger partial charge in [-0.2, -0.15) is 0 Å². The Morgan fingerprint density at radius 3 is 2.32 bits per heavy atom. The van der Waals surface area contributed by atoms with Gasteiger partial charge in [0.2, 0.25) is 0 Å². The number of para-hydroxylation sites is 3. The topological polar surface area (TPSA) is 87.7 Å². The fourth-order valence-electron chi connectivity index (χ4n) is 3.65. The Hall–Kier alpha value is -4.10. The minimum absolute atomic E-state index is 0.0104. The zero-order valence-electron chi connectivity index (χ0n) is 18.6. The molecule has 3 amide bonds. The van der Waals surface area contributed by atoms with E-state index in [0.717, 1.165) is 10.5 Å². The monoisotopic (exact) mass is 475 g/mol. The molecular formula is C26H22ClN3O4. The molecule has 0 bridgehead atoms. The lowest BCUT2D eigenvalue weighted by atomic mass is 10.1. The molecule has 0 unspecified atom stereocenters. The summed E-state index contributed by atoms with van der Waals surface area (Å²) in [5.74, 6) is -0.881. The summed E-state index contributed by atoms with van der Waals surface area (Å²) in [6, 6.07) is 20.8. The summed E-state index contributed by atoms with van der Waals surface area (Å²) >= 11 is 6.24. The van der Waals surface area contributed by atoms with Crippen molar-refractivity contribution in [2.45, 2.75) is 13.3 Å². The van der Waals surface area contributed by atoms with Crippen molar-refractivity contribution in [1.29, 1.82) is 0 Å². The number of carbonyl (C=O) groups excluding carboxylic acids is 3. The highest BCUT2D eigenvalue weighted by Crippen LogP contribution is 2.32. The molecule has 34 heavy (non-hydrogen) atoms. The maximum Gasteiger partial charge on any atom is 0.283 e. The van der Waals surface area contributed by atoms with Crippen LogP contribution in [0.1, 0.15) is 22.8 Å². The molecule has 0 fully saturated rings. The predicted molar refractivity (Wildman–Crippen MR) is 132 cm³/mol. The molecule has 0 spiro atoms. The Morgan fingerprint density at radius 2 is 1.62 bits per heavy atom. The maximum absolute atomic E-state index is 13.1. The average molecular weight is 476 g/mol. The molecule has 0 saturated heterocycles. The largest absolute Gasteiger partial charge is 0.495 e. The molecule has 0 radical (unpaired) electrons. The summed E-state index contributed by atoms with van der Waals surface area (Å²) in [6.45, 7) is 1.95. The van der Waals surface area contributed by atoms with Gasteiger partial charge in [0, 0.05) is 11.3 Å². The van der Waals surface area contributed by atoms with Crippen molar-refractivity contribution in [3.8, 4) is 5.75 Å². The molecule has 1 aliphatic rings. The van der Waals surface area contributed by atoms with Crippen LogP contribution in [-0.2, 0) is 16.0 Å². The van der Waals surface area contributed by atoms with E-state index in [1.165, 1.54) is 7.11 Å². The van der Waals surface area contributed by atoms with Gasteiger partial charge >= 0.3 is 0 Å². The molecule has 1 heterocycles. The summed E-state index contributed by atoms with van der Waals surface area (Å²) in [5.41, 5.74) is 2.83. The van der Waals surface area contributed by atoms with Gasteiger partial charge in [-0.25, -0.2) is 4.90 Å². The number of anilines is 3. The quantitative estimate of drug-likeness (QED) is 0.472. The second-order valence-electron chi connectivity index (χ2n) is 7.47. The molecule has 8 heteroatoms. The highest BCUT2D eigenvalue weighted by Gasteiger charge is 2.39. The Kier molecular flexibility index (Phi) is 6.65. The third kappa shape index (κ3) is 4.38. The van der Waals surface area contributed by atoms with Gasteiger partial charge in [-0.1, -0.05) is 48.9 Å². The Morgan fingerprint density at radius 1 is 0.941 bits per heavy atom. The number of aryl methyl sites for hydroxylation is 1. The molecule has 0 aliphatic carbocycles. The highest BCUT2D eigenvalue weighted by atomic mass is 35.5. The maximum atomic E-state index is 13.1. The summed E-state index contributed by atoms with van der Waals surface area (Å²) in [7, 11) is 1.53. The minimum Gasteiger partial charge on any atom is -0.495 e.